The first-order chi connectivity index (χ1) is 15.5. The predicted molar refractivity (Wildman–Crippen MR) is 122 cm³/mol. The molecule has 2 fully saturated rings. The second-order valence-electron chi connectivity index (χ2n) is 8.74. The average molecular weight is 448 g/mol. The molecule has 8 heteroatoms. The Bertz CT molecular complexity index is 728. The van der Waals surface area contributed by atoms with Gasteiger partial charge in [0.25, 0.3) is 5.91 Å². The van der Waals surface area contributed by atoms with Crippen LogP contribution in [-0.4, -0.2) is 81.5 Å². The molecule has 8 nitrogen and oxygen atoms in total. The Balaban J connectivity index is 1.59. The number of ether oxygens (including phenoxy) is 3. The van der Waals surface area contributed by atoms with E-state index in [1.807, 2.05) is 20.8 Å². The fraction of sp³-hybridized carbons (Fsp3) is 0.667. The highest BCUT2D eigenvalue weighted by Gasteiger charge is 2.33. The molecule has 2 aliphatic heterocycles. The molecule has 3 rings (SSSR count). The fourth-order valence-corrected chi connectivity index (χ4v) is 4.30. The highest BCUT2D eigenvalue weighted by Crippen LogP contribution is 2.22. The first-order valence-electron chi connectivity index (χ1n) is 11.7. The van der Waals surface area contributed by atoms with Gasteiger partial charge < -0.3 is 24.8 Å². The number of nitrogens with one attached hydrogen (secondary N) is 2. The Morgan fingerprint density at radius 2 is 1.84 bits per heavy atom. The van der Waals surface area contributed by atoms with Gasteiger partial charge >= 0.3 is 0 Å². The van der Waals surface area contributed by atoms with Crippen LogP contribution in [-0.2, 0) is 14.3 Å². The van der Waals surface area contributed by atoms with Gasteiger partial charge in [-0.3, -0.25) is 14.5 Å². The van der Waals surface area contributed by atoms with Crippen LogP contribution in [0, 0.1) is 11.8 Å². The summed E-state index contributed by atoms with van der Waals surface area (Å²) in [5.74, 6) is 0.641. The topological polar surface area (TPSA) is 89.1 Å². The summed E-state index contributed by atoms with van der Waals surface area (Å²) in [6.07, 6.45) is 1.000. The third kappa shape index (κ3) is 6.67. The summed E-state index contributed by atoms with van der Waals surface area (Å²) in [6.45, 7) is 11.5. The van der Waals surface area contributed by atoms with E-state index in [1.54, 1.807) is 24.3 Å². The quantitative estimate of drug-likeness (QED) is 0.568. The highest BCUT2D eigenvalue weighted by atomic mass is 16.5. The van der Waals surface area contributed by atoms with Gasteiger partial charge in [0.05, 0.1) is 26.4 Å². The van der Waals surface area contributed by atoms with Crippen LogP contribution in [0.15, 0.2) is 24.3 Å². The second-order valence-corrected chi connectivity index (χ2v) is 8.74. The first kappa shape index (κ1) is 24.5. The molecule has 2 N–H and O–H groups in total. The van der Waals surface area contributed by atoms with Crippen molar-refractivity contribution < 1.29 is 23.8 Å². The summed E-state index contributed by atoms with van der Waals surface area (Å²) in [6, 6.07) is 6.55. The van der Waals surface area contributed by atoms with Gasteiger partial charge in [0.2, 0.25) is 5.91 Å². The monoisotopic (exact) mass is 447 g/mol. The summed E-state index contributed by atoms with van der Waals surface area (Å²) < 4.78 is 16.5. The van der Waals surface area contributed by atoms with Gasteiger partial charge in [0.15, 0.2) is 0 Å². The highest BCUT2D eigenvalue weighted by molar-refractivity contribution is 5.97. The molecular weight excluding hydrogens is 410 g/mol. The van der Waals surface area contributed by atoms with Crippen molar-refractivity contribution in [2.75, 3.05) is 52.7 Å². The minimum Gasteiger partial charge on any atom is -0.494 e. The van der Waals surface area contributed by atoms with Crippen LogP contribution in [0.5, 0.6) is 5.75 Å². The Morgan fingerprint density at radius 3 is 2.44 bits per heavy atom. The molecule has 0 aliphatic carbocycles. The summed E-state index contributed by atoms with van der Waals surface area (Å²) >= 11 is 0. The standard InChI is InChI=1S/C24H37N3O5/c1-4-32-20-7-5-18(6-8-20)23(28)26-22(17(2)3)24(29)25-15-21(19-9-12-31-16-19)27-10-13-30-14-11-27/h5-8,17,19,21-22H,4,9-16H2,1-3H3,(H,25,29)(H,26,28). The van der Waals surface area contributed by atoms with Crippen LogP contribution in [0.3, 0.4) is 0 Å². The van der Waals surface area contributed by atoms with Crippen molar-refractivity contribution in [3.05, 3.63) is 29.8 Å². The molecule has 0 aromatic heterocycles. The molecule has 1 aromatic rings. The number of hydrogen-bond donors (Lipinski definition) is 2. The van der Waals surface area contributed by atoms with Gasteiger partial charge in [-0.2, -0.15) is 0 Å². The van der Waals surface area contributed by atoms with E-state index in [0.717, 1.165) is 32.7 Å². The number of rotatable bonds is 10. The van der Waals surface area contributed by atoms with Crippen LogP contribution < -0.4 is 15.4 Å². The van der Waals surface area contributed by atoms with Crippen molar-refractivity contribution in [3.63, 3.8) is 0 Å². The Morgan fingerprint density at radius 1 is 1.12 bits per heavy atom. The molecule has 2 heterocycles. The van der Waals surface area contributed by atoms with Crippen molar-refractivity contribution in [2.24, 2.45) is 11.8 Å². The SMILES string of the molecule is CCOc1ccc(C(=O)NC(C(=O)NCC(C2CCOC2)N2CCOCC2)C(C)C)cc1. The van der Waals surface area contributed by atoms with Crippen LogP contribution in [0.2, 0.25) is 0 Å². The third-order valence-electron chi connectivity index (χ3n) is 6.17. The zero-order chi connectivity index (χ0) is 22.9. The van der Waals surface area contributed by atoms with Crippen molar-refractivity contribution in [1.29, 1.82) is 0 Å². The van der Waals surface area contributed by atoms with Gasteiger partial charge in [-0.25, -0.2) is 0 Å². The van der Waals surface area contributed by atoms with E-state index in [4.69, 9.17) is 14.2 Å². The number of morpholine rings is 1. The third-order valence-corrected chi connectivity index (χ3v) is 6.17. The lowest BCUT2D eigenvalue weighted by molar-refractivity contribution is -0.124. The lowest BCUT2D eigenvalue weighted by Gasteiger charge is -2.37. The molecule has 2 aliphatic rings. The van der Waals surface area contributed by atoms with Gasteiger partial charge in [0.1, 0.15) is 11.8 Å². The molecule has 0 radical (unpaired) electrons. The van der Waals surface area contributed by atoms with Gasteiger partial charge in [0, 0.05) is 43.8 Å². The Labute approximate surface area is 191 Å². The number of nitrogens with zero attached hydrogens (tertiary/aromatic N) is 1. The lowest BCUT2D eigenvalue weighted by Crippen LogP contribution is -2.55. The summed E-state index contributed by atoms with van der Waals surface area (Å²) in [5, 5.41) is 6.02. The number of benzene rings is 1. The van der Waals surface area contributed by atoms with Crippen LogP contribution >= 0.6 is 0 Å². The van der Waals surface area contributed by atoms with Crippen LogP contribution in [0.25, 0.3) is 0 Å². The number of amides is 2. The molecule has 2 saturated heterocycles. The molecule has 0 spiro atoms. The minimum atomic E-state index is -0.612. The van der Waals surface area contributed by atoms with E-state index in [1.165, 1.54) is 0 Å². The molecule has 32 heavy (non-hydrogen) atoms. The predicted octanol–water partition coefficient (Wildman–Crippen LogP) is 1.69. The van der Waals surface area contributed by atoms with Gasteiger partial charge in [-0.1, -0.05) is 13.8 Å². The maximum absolute atomic E-state index is 13.1. The molecule has 178 valence electrons. The smallest absolute Gasteiger partial charge is 0.251 e. The number of hydrogen-bond acceptors (Lipinski definition) is 6. The number of carbonyl (C=O) groups is 2. The maximum Gasteiger partial charge on any atom is 0.251 e. The number of carbonyl (C=O) groups excluding carboxylic acids is 2. The van der Waals surface area contributed by atoms with E-state index in [9.17, 15) is 9.59 Å². The van der Waals surface area contributed by atoms with E-state index >= 15 is 0 Å². The molecular formula is C24H37N3O5. The Hall–Kier alpha value is -2.16. The van der Waals surface area contributed by atoms with Gasteiger partial charge in [-0.05, 0) is 43.5 Å². The summed E-state index contributed by atoms with van der Waals surface area (Å²) in [5.41, 5.74) is 0.501. The molecule has 3 atom stereocenters. The first-order valence-corrected chi connectivity index (χ1v) is 11.7. The van der Waals surface area contributed by atoms with Crippen molar-refractivity contribution in [2.45, 2.75) is 39.3 Å². The molecule has 0 bridgehead atoms. The van der Waals surface area contributed by atoms with Crippen molar-refractivity contribution in [1.82, 2.24) is 15.5 Å². The van der Waals surface area contributed by atoms with Crippen molar-refractivity contribution >= 4 is 11.8 Å². The van der Waals surface area contributed by atoms with Crippen LogP contribution in [0.4, 0.5) is 0 Å². The molecule has 0 saturated carbocycles. The lowest BCUT2D eigenvalue weighted by atomic mass is 9.96. The maximum atomic E-state index is 13.1. The zero-order valence-electron chi connectivity index (χ0n) is 19.5. The van der Waals surface area contributed by atoms with Gasteiger partial charge in [-0.15, -0.1) is 0 Å². The largest absolute Gasteiger partial charge is 0.494 e. The minimum absolute atomic E-state index is 0.0432. The molecule has 1 aromatic carbocycles. The van der Waals surface area contributed by atoms with Crippen LogP contribution in [0.1, 0.15) is 37.6 Å². The van der Waals surface area contributed by atoms with E-state index in [0.29, 0.717) is 43.6 Å². The fourth-order valence-electron chi connectivity index (χ4n) is 4.30. The molecule has 3 unspecified atom stereocenters. The van der Waals surface area contributed by atoms with E-state index < -0.39 is 6.04 Å². The second kappa shape index (κ2) is 12.2. The normalized spacial score (nSPS) is 21.2. The van der Waals surface area contributed by atoms with Crippen molar-refractivity contribution in [3.8, 4) is 5.75 Å². The zero-order valence-corrected chi connectivity index (χ0v) is 19.5. The molecule has 2 amide bonds. The summed E-state index contributed by atoms with van der Waals surface area (Å²) in [7, 11) is 0. The summed E-state index contributed by atoms with van der Waals surface area (Å²) in [4.78, 5) is 28.2. The van der Waals surface area contributed by atoms with E-state index in [-0.39, 0.29) is 23.8 Å². The average Bonchev–Trinajstić information content (AvgIpc) is 3.33. The Kier molecular flexibility index (Phi) is 9.32. The van der Waals surface area contributed by atoms with E-state index in [2.05, 4.69) is 15.5 Å².